The average molecular weight is 344 g/mol. The van der Waals surface area contributed by atoms with Crippen LogP contribution in [0, 0.1) is 0 Å². The molecule has 0 fully saturated rings. The van der Waals surface area contributed by atoms with Gasteiger partial charge in [-0.15, -0.1) is 4.40 Å². The third kappa shape index (κ3) is 3.16. The van der Waals surface area contributed by atoms with Gasteiger partial charge in [-0.1, -0.05) is 30.3 Å². The van der Waals surface area contributed by atoms with E-state index in [1.807, 2.05) is 6.07 Å². The van der Waals surface area contributed by atoms with Gasteiger partial charge in [0.25, 0.3) is 10.0 Å². The van der Waals surface area contributed by atoms with E-state index in [2.05, 4.69) is 4.40 Å². The van der Waals surface area contributed by atoms with E-state index in [9.17, 15) is 13.2 Å². The van der Waals surface area contributed by atoms with Crippen LogP contribution >= 0.6 is 0 Å². The lowest BCUT2D eigenvalue weighted by Gasteiger charge is -2.18. The molecule has 6 nitrogen and oxygen atoms in total. The van der Waals surface area contributed by atoms with Crippen molar-refractivity contribution in [3.8, 4) is 0 Å². The number of esters is 1. The number of amidine groups is 1. The van der Waals surface area contributed by atoms with E-state index in [1.54, 1.807) is 54.4 Å². The maximum Gasteiger partial charge on any atom is 0.338 e. The molecule has 1 heterocycles. The highest BCUT2D eigenvalue weighted by Crippen LogP contribution is 2.26. The number of ether oxygens (including phenoxy) is 1. The van der Waals surface area contributed by atoms with Gasteiger partial charge in [-0.3, -0.25) is 0 Å². The molecule has 0 unspecified atom stereocenters. The van der Waals surface area contributed by atoms with Crippen molar-refractivity contribution in [3.63, 3.8) is 0 Å². The van der Waals surface area contributed by atoms with Gasteiger partial charge in [0.05, 0.1) is 12.1 Å². The Hall–Kier alpha value is -2.67. The maximum atomic E-state index is 12.0. The number of carbonyl (C=O) groups excluding carboxylic acids is 1. The van der Waals surface area contributed by atoms with Gasteiger partial charge in [0.2, 0.25) is 0 Å². The van der Waals surface area contributed by atoms with Crippen LogP contribution in [0.5, 0.6) is 0 Å². The fourth-order valence-corrected chi connectivity index (χ4v) is 3.65. The van der Waals surface area contributed by atoms with E-state index in [0.29, 0.717) is 23.5 Å². The molecule has 0 radical (unpaired) electrons. The normalized spacial score (nSPS) is 14.6. The second kappa shape index (κ2) is 6.45. The van der Waals surface area contributed by atoms with Crippen molar-refractivity contribution in [2.45, 2.75) is 4.90 Å². The first-order valence-electron chi connectivity index (χ1n) is 7.37. The van der Waals surface area contributed by atoms with E-state index in [1.165, 1.54) is 6.07 Å². The Balaban J connectivity index is 1.64. The van der Waals surface area contributed by atoms with E-state index < -0.39 is 16.0 Å². The predicted molar refractivity (Wildman–Crippen MR) is 89.5 cm³/mol. The molecule has 2 aromatic carbocycles. The first-order valence-corrected chi connectivity index (χ1v) is 8.81. The predicted octanol–water partition coefficient (Wildman–Crippen LogP) is 1.92. The number of fused-ring (bicyclic) bond motifs is 1. The van der Waals surface area contributed by atoms with E-state index in [-0.39, 0.29) is 11.5 Å². The Morgan fingerprint density at radius 2 is 1.75 bits per heavy atom. The summed E-state index contributed by atoms with van der Waals surface area (Å²) in [6.45, 7) is 0.465. The van der Waals surface area contributed by atoms with Gasteiger partial charge in [0, 0.05) is 12.6 Å². The van der Waals surface area contributed by atoms with Crippen molar-refractivity contribution in [1.82, 2.24) is 4.90 Å². The van der Waals surface area contributed by atoms with Gasteiger partial charge >= 0.3 is 5.97 Å². The number of nitrogens with zero attached hydrogens (tertiary/aromatic N) is 2. The van der Waals surface area contributed by atoms with Crippen LogP contribution in [0.4, 0.5) is 0 Å². The summed E-state index contributed by atoms with van der Waals surface area (Å²) >= 11 is 0. The lowest BCUT2D eigenvalue weighted by Crippen LogP contribution is -2.30. The zero-order valence-corrected chi connectivity index (χ0v) is 13.9. The maximum absolute atomic E-state index is 12.0. The zero-order valence-electron chi connectivity index (χ0n) is 13.0. The lowest BCUT2D eigenvalue weighted by molar-refractivity contribution is 0.0492. The van der Waals surface area contributed by atoms with Crippen molar-refractivity contribution in [2.75, 3.05) is 20.2 Å². The third-order valence-corrected chi connectivity index (χ3v) is 4.97. The monoisotopic (exact) mass is 344 g/mol. The Labute approximate surface area is 140 Å². The van der Waals surface area contributed by atoms with Crippen LogP contribution in [-0.4, -0.2) is 45.3 Å². The van der Waals surface area contributed by atoms with Crippen LogP contribution in [-0.2, 0) is 14.8 Å². The van der Waals surface area contributed by atoms with Crippen molar-refractivity contribution >= 4 is 21.8 Å². The molecule has 0 N–H and O–H groups in total. The molecular formula is C17H16N2O4S. The van der Waals surface area contributed by atoms with Gasteiger partial charge in [0.15, 0.2) is 5.84 Å². The molecule has 7 heteroatoms. The standard InChI is InChI=1S/C17H16N2O4S/c1-19(11-12-23-17(20)13-7-3-2-4-8-13)16-14-9-5-6-10-15(14)24(21,22)18-16/h2-10H,11-12H2,1H3. The van der Waals surface area contributed by atoms with Crippen molar-refractivity contribution in [1.29, 1.82) is 0 Å². The smallest absolute Gasteiger partial charge is 0.338 e. The van der Waals surface area contributed by atoms with E-state index in [4.69, 9.17) is 4.74 Å². The summed E-state index contributed by atoms with van der Waals surface area (Å²) in [5.41, 5.74) is 1.04. The van der Waals surface area contributed by atoms with Gasteiger partial charge in [0.1, 0.15) is 11.5 Å². The quantitative estimate of drug-likeness (QED) is 0.792. The fourth-order valence-electron chi connectivity index (χ4n) is 2.40. The molecule has 0 spiro atoms. The largest absolute Gasteiger partial charge is 0.460 e. The number of sulfonamides is 1. The van der Waals surface area contributed by atoms with E-state index in [0.717, 1.165) is 0 Å². The van der Waals surface area contributed by atoms with Gasteiger partial charge in [-0.05, 0) is 24.3 Å². The Kier molecular flexibility index (Phi) is 4.35. The Morgan fingerprint density at radius 1 is 1.08 bits per heavy atom. The summed E-state index contributed by atoms with van der Waals surface area (Å²) in [7, 11) is -1.93. The highest BCUT2D eigenvalue weighted by molar-refractivity contribution is 7.90. The SMILES string of the molecule is CN(CCOC(=O)c1ccccc1)C1=NS(=O)(=O)c2ccccc21. The minimum absolute atomic E-state index is 0.130. The molecule has 1 aliphatic heterocycles. The van der Waals surface area contributed by atoms with Crippen LogP contribution in [0.1, 0.15) is 15.9 Å². The Bertz CT molecular complexity index is 892. The second-order valence-electron chi connectivity index (χ2n) is 5.31. The van der Waals surface area contributed by atoms with Gasteiger partial charge < -0.3 is 9.64 Å². The number of rotatable bonds is 4. The number of hydrogen-bond acceptors (Lipinski definition) is 5. The van der Waals surface area contributed by atoms with Gasteiger partial charge in [-0.25, -0.2) is 4.79 Å². The summed E-state index contributed by atoms with van der Waals surface area (Å²) in [6, 6.07) is 15.4. The molecule has 0 amide bonds. The highest BCUT2D eigenvalue weighted by atomic mass is 32.2. The molecular weight excluding hydrogens is 328 g/mol. The molecule has 0 saturated carbocycles. The second-order valence-corrected chi connectivity index (χ2v) is 6.88. The number of hydrogen-bond donors (Lipinski definition) is 0. The topological polar surface area (TPSA) is 76.0 Å². The first kappa shape index (κ1) is 16.2. The van der Waals surface area contributed by atoms with Gasteiger partial charge in [-0.2, -0.15) is 8.42 Å². The first-order chi connectivity index (χ1) is 11.5. The lowest BCUT2D eigenvalue weighted by atomic mass is 10.2. The molecule has 0 aromatic heterocycles. The Morgan fingerprint density at radius 3 is 2.50 bits per heavy atom. The third-order valence-electron chi connectivity index (χ3n) is 3.64. The van der Waals surface area contributed by atoms with Crippen molar-refractivity contribution < 1.29 is 17.9 Å². The molecule has 3 rings (SSSR count). The summed E-state index contributed by atoms with van der Waals surface area (Å²) < 4.78 is 33.1. The molecule has 0 bridgehead atoms. The molecule has 124 valence electrons. The zero-order chi connectivity index (χ0) is 17.2. The number of benzene rings is 2. The molecule has 1 aliphatic rings. The van der Waals surface area contributed by atoms with Crippen LogP contribution in [0.3, 0.4) is 0 Å². The highest BCUT2D eigenvalue weighted by Gasteiger charge is 2.30. The molecule has 0 aliphatic carbocycles. The van der Waals surface area contributed by atoms with Crippen molar-refractivity contribution in [2.24, 2.45) is 4.40 Å². The van der Waals surface area contributed by atoms with Crippen LogP contribution < -0.4 is 0 Å². The molecule has 0 saturated heterocycles. The average Bonchev–Trinajstić information content (AvgIpc) is 2.87. The summed E-state index contributed by atoms with van der Waals surface area (Å²) in [6.07, 6.45) is 0. The van der Waals surface area contributed by atoms with Crippen molar-refractivity contribution in [3.05, 3.63) is 65.7 Å². The van der Waals surface area contributed by atoms with Crippen LogP contribution in [0.25, 0.3) is 0 Å². The summed E-state index contributed by atoms with van der Waals surface area (Å²) in [5.74, 6) is -0.0493. The number of carbonyl (C=O) groups is 1. The van der Waals surface area contributed by atoms with E-state index >= 15 is 0 Å². The fraction of sp³-hybridized carbons (Fsp3) is 0.176. The minimum Gasteiger partial charge on any atom is -0.460 e. The molecule has 0 atom stereocenters. The molecule has 2 aromatic rings. The van der Waals surface area contributed by atoms with Crippen LogP contribution in [0.15, 0.2) is 63.9 Å². The minimum atomic E-state index is -3.65. The molecule has 24 heavy (non-hydrogen) atoms. The summed E-state index contributed by atoms with van der Waals surface area (Å²) in [5, 5.41) is 0. The summed E-state index contributed by atoms with van der Waals surface area (Å²) in [4.78, 5) is 13.8. The van der Waals surface area contributed by atoms with Crippen LogP contribution in [0.2, 0.25) is 0 Å². The number of likely N-dealkylation sites (N-methyl/N-ethyl adjacent to an activating group) is 1.